The molecule has 0 atom stereocenters. The molecule has 0 heterocycles. The van der Waals surface area contributed by atoms with Crippen molar-refractivity contribution in [3.8, 4) is 6.07 Å². The Balaban J connectivity index is 1.46. The molecule has 0 saturated heterocycles. The summed E-state index contributed by atoms with van der Waals surface area (Å²) in [6.45, 7) is 0.633. The van der Waals surface area contributed by atoms with Gasteiger partial charge in [-0.1, -0.05) is 41.9 Å². The van der Waals surface area contributed by atoms with Crippen LogP contribution in [0.15, 0.2) is 48.5 Å². The predicted molar refractivity (Wildman–Crippen MR) is 103 cm³/mol. The van der Waals surface area contributed by atoms with E-state index in [4.69, 9.17) is 16.9 Å². The Kier molecular flexibility index (Phi) is 5.67. The fraction of sp³-hybridized carbons (Fsp3) is 0.300. The molecular formula is C20H19ClN2OS. The van der Waals surface area contributed by atoms with Crippen molar-refractivity contribution in [2.45, 2.75) is 24.0 Å². The van der Waals surface area contributed by atoms with Gasteiger partial charge in [-0.2, -0.15) is 17.0 Å². The van der Waals surface area contributed by atoms with Gasteiger partial charge in [-0.3, -0.25) is 4.79 Å². The first-order chi connectivity index (χ1) is 12.2. The first-order valence-electron chi connectivity index (χ1n) is 8.26. The number of amides is 1. The van der Waals surface area contributed by atoms with E-state index in [2.05, 4.69) is 11.4 Å². The van der Waals surface area contributed by atoms with E-state index in [9.17, 15) is 4.79 Å². The maximum Gasteiger partial charge on any atom is 0.230 e. The van der Waals surface area contributed by atoms with Crippen molar-refractivity contribution in [2.24, 2.45) is 0 Å². The van der Waals surface area contributed by atoms with Gasteiger partial charge in [0, 0.05) is 23.1 Å². The van der Waals surface area contributed by atoms with Crippen LogP contribution in [0.4, 0.5) is 0 Å². The Hall–Kier alpha value is -1.96. The van der Waals surface area contributed by atoms with Crippen LogP contribution >= 0.6 is 23.4 Å². The zero-order valence-electron chi connectivity index (χ0n) is 13.8. The van der Waals surface area contributed by atoms with Crippen LogP contribution in [-0.2, 0) is 16.0 Å². The quantitative estimate of drug-likeness (QED) is 0.739. The summed E-state index contributed by atoms with van der Waals surface area (Å²) < 4.78 is 0. The van der Waals surface area contributed by atoms with Gasteiger partial charge in [-0.05, 0) is 42.2 Å². The minimum absolute atomic E-state index is 0.104. The van der Waals surface area contributed by atoms with Crippen molar-refractivity contribution in [3.63, 3.8) is 0 Å². The van der Waals surface area contributed by atoms with E-state index in [0.717, 1.165) is 41.0 Å². The summed E-state index contributed by atoms with van der Waals surface area (Å²) in [4.78, 5) is 12.5. The summed E-state index contributed by atoms with van der Waals surface area (Å²) in [6, 6.07) is 17.4. The lowest BCUT2D eigenvalue weighted by molar-refractivity contribution is -0.123. The maximum absolute atomic E-state index is 12.5. The number of halogens is 1. The molecule has 2 aromatic carbocycles. The highest BCUT2D eigenvalue weighted by atomic mass is 35.5. The molecule has 1 amide bonds. The van der Waals surface area contributed by atoms with Crippen LogP contribution in [0.3, 0.4) is 0 Å². The number of carbonyl (C=O) groups excluding carboxylic acids is 1. The number of hydrogen-bond acceptors (Lipinski definition) is 3. The number of benzene rings is 2. The molecule has 1 fully saturated rings. The summed E-state index contributed by atoms with van der Waals surface area (Å²) in [5.74, 6) is 1.71. The lowest BCUT2D eigenvalue weighted by Crippen LogP contribution is -2.36. The average Bonchev–Trinajstić information content (AvgIpc) is 3.44. The smallest absolute Gasteiger partial charge is 0.230 e. The van der Waals surface area contributed by atoms with Gasteiger partial charge in [-0.15, -0.1) is 0 Å². The molecule has 0 spiro atoms. The number of thioether (sulfide) groups is 1. The van der Waals surface area contributed by atoms with Crippen molar-refractivity contribution >= 4 is 29.3 Å². The number of hydrogen-bond donors (Lipinski definition) is 1. The molecule has 0 aromatic heterocycles. The molecule has 128 valence electrons. The summed E-state index contributed by atoms with van der Waals surface area (Å²) in [5.41, 5.74) is 2.45. The molecule has 5 heteroatoms. The second kappa shape index (κ2) is 7.95. The monoisotopic (exact) mass is 370 g/mol. The standard InChI is InChI=1S/C20H19ClN2OS/c21-18-7-5-17(6-8-18)20(9-10-20)19(24)23-11-12-25-14-16-4-2-1-3-15(16)13-22/h1-8H,9-12,14H2,(H,23,24). The third kappa shape index (κ3) is 4.18. The van der Waals surface area contributed by atoms with Crippen LogP contribution in [0.5, 0.6) is 0 Å². The maximum atomic E-state index is 12.5. The minimum Gasteiger partial charge on any atom is -0.355 e. The normalized spacial score (nSPS) is 14.6. The molecule has 0 unspecified atom stereocenters. The van der Waals surface area contributed by atoms with Crippen molar-refractivity contribution in [1.29, 1.82) is 5.26 Å². The number of rotatable bonds is 7. The Morgan fingerprint density at radius 2 is 1.92 bits per heavy atom. The van der Waals surface area contributed by atoms with E-state index in [1.807, 2.05) is 48.5 Å². The van der Waals surface area contributed by atoms with Gasteiger partial charge < -0.3 is 5.32 Å². The van der Waals surface area contributed by atoms with E-state index in [-0.39, 0.29) is 11.3 Å². The first kappa shape index (κ1) is 17.8. The van der Waals surface area contributed by atoms with E-state index >= 15 is 0 Å². The molecule has 1 saturated carbocycles. The molecule has 3 rings (SSSR count). The van der Waals surface area contributed by atoms with E-state index in [1.165, 1.54) is 0 Å². The van der Waals surface area contributed by atoms with Crippen LogP contribution in [0, 0.1) is 11.3 Å². The van der Waals surface area contributed by atoms with Crippen LogP contribution in [0.2, 0.25) is 5.02 Å². The van der Waals surface area contributed by atoms with Crippen LogP contribution in [0.1, 0.15) is 29.5 Å². The number of nitriles is 1. The summed E-state index contributed by atoms with van der Waals surface area (Å²) in [6.07, 6.45) is 1.78. The van der Waals surface area contributed by atoms with Gasteiger partial charge in [0.05, 0.1) is 17.0 Å². The van der Waals surface area contributed by atoms with Gasteiger partial charge in [0.25, 0.3) is 0 Å². The van der Waals surface area contributed by atoms with E-state index < -0.39 is 0 Å². The highest BCUT2D eigenvalue weighted by molar-refractivity contribution is 7.98. The third-order valence-corrected chi connectivity index (χ3v) is 5.77. The van der Waals surface area contributed by atoms with Crippen molar-refractivity contribution in [3.05, 3.63) is 70.2 Å². The number of nitrogens with zero attached hydrogens (tertiary/aromatic N) is 1. The first-order valence-corrected chi connectivity index (χ1v) is 9.79. The van der Waals surface area contributed by atoms with Crippen LogP contribution in [-0.4, -0.2) is 18.2 Å². The summed E-state index contributed by atoms with van der Waals surface area (Å²) in [7, 11) is 0. The summed E-state index contributed by atoms with van der Waals surface area (Å²) >= 11 is 7.65. The van der Waals surface area contributed by atoms with E-state index in [1.54, 1.807) is 11.8 Å². The third-order valence-electron chi connectivity index (χ3n) is 4.51. The fourth-order valence-electron chi connectivity index (χ4n) is 2.88. The Morgan fingerprint density at radius 3 is 2.60 bits per heavy atom. The molecule has 1 aliphatic carbocycles. The number of nitrogens with one attached hydrogen (secondary N) is 1. The molecule has 0 radical (unpaired) electrons. The second-order valence-corrected chi connectivity index (χ2v) is 7.71. The molecule has 1 N–H and O–H groups in total. The summed E-state index contributed by atoms with van der Waals surface area (Å²) in [5, 5.41) is 12.8. The van der Waals surface area contributed by atoms with Crippen molar-refractivity contribution in [2.75, 3.05) is 12.3 Å². The molecule has 25 heavy (non-hydrogen) atoms. The fourth-order valence-corrected chi connectivity index (χ4v) is 3.87. The highest BCUT2D eigenvalue weighted by Crippen LogP contribution is 2.48. The Labute approximate surface area is 157 Å². The Morgan fingerprint density at radius 1 is 1.20 bits per heavy atom. The predicted octanol–water partition coefficient (Wildman–Crippen LogP) is 4.29. The number of carbonyl (C=O) groups is 1. The average molecular weight is 371 g/mol. The molecule has 0 bridgehead atoms. The highest BCUT2D eigenvalue weighted by Gasteiger charge is 2.50. The molecular weight excluding hydrogens is 352 g/mol. The molecule has 1 aliphatic rings. The van der Waals surface area contributed by atoms with Crippen molar-refractivity contribution < 1.29 is 4.79 Å². The topological polar surface area (TPSA) is 52.9 Å². The van der Waals surface area contributed by atoms with Gasteiger partial charge >= 0.3 is 0 Å². The Bertz CT molecular complexity index is 794. The van der Waals surface area contributed by atoms with Crippen LogP contribution in [0.25, 0.3) is 0 Å². The zero-order valence-corrected chi connectivity index (χ0v) is 15.4. The largest absolute Gasteiger partial charge is 0.355 e. The van der Waals surface area contributed by atoms with Gasteiger partial charge in [0.15, 0.2) is 0 Å². The van der Waals surface area contributed by atoms with Crippen molar-refractivity contribution in [1.82, 2.24) is 5.32 Å². The lowest BCUT2D eigenvalue weighted by Gasteiger charge is -2.16. The lowest BCUT2D eigenvalue weighted by atomic mass is 9.95. The molecule has 0 aliphatic heterocycles. The minimum atomic E-state index is -0.358. The van der Waals surface area contributed by atoms with Gasteiger partial charge in [0.1, 0.15) is 0 Å². The second-order valence-electron chi connectivity index (χ2n) is 6.17. The van der Waals surface area contributed by atoms with E-state index in [0.29, 0.717) is 11.6 Å². The van der Waals surface area contributed by atoms with Gasteiger partial charge in [0.2, 0.25) is 5.91 Å². The SMILES string of the molecule is N#Cc1ccccc1CSCCNC(=O)C1(c2ccc(Cl)cc2)CC1. The zero-order chi connectivity index (χ0) is 17.7. The molecule has 3 nitrogen and oxygen atoms in total. The van der Waals surface area contributed by atoms with Gasteiger partial charge in [-0.25, -0.2) is 0 Å². The van der Waals surface area contributed by atoms with Crippen LogP contribution < -0.4 is 5.32 Å². The molecule has 2 aromatic rings.